The number of anilines is 1. The van der Waals surface area contributed by atoms with E-state index in [0.29, 0.717) is 34.8 Å². The molecule has 8 nitrogen and oxygen atoms in total. The number of sulfonamides is 1. The fourth-order valence-corrected chi connectivity index (χ4v) is 4.31. The van der Waals surface area contributed by atoms with E-state index in [4.69, 9.17) is 4.74 Å². The van der Waals surface area contributed by atoms with Gasteiger partial charge < -0.3 is 9.30 Å². The summed E-state index contributed by atoms with van der Waals surface area (Å²) in [5, 5.41) is 0. The summed E-state index contributed by atoms with van der Waals surface area (Å²) < 4.78 is 35.7. The first-order chi connectivity index (χ1) is 15.2. The van der Waals surface area contributed by atoms with Gasteiger partial charge in [-0.15, -0.1) is 0 Å². The summed E-state index contributed by atoms with van der Waals surface area (Å²) in [5.74, 6) is 0. The van der Waals surface area contributed by atoms with Crippen molar-refractivity contribution in [3.8, 4) is 17.1 Å². The normalized spacial score (nSPS) is 11.6. The second-order valence-electron chi connectivity index (χ2n) is 7.76. The van der Waals surface area contributed by atoms with Crippen LogP contribution in [0.3, 0.4) is 0 Å². The maximum Gasteiger partial charge on any atom is 0.297 e. The number of rotatable bonds is 6. The summed E-state index contributed by atoms with van der Waals surface area (Å²) in [6.45, 7) is 2.25. The lowest BCUT2D eigenvalue weighted by Crippen LogP contribution is -2.18. The highest BCUT2D eigenvalue weighted by molar-refractivity contribution is 7.92. The minimum absolute atomic E-state index is 0.0832. The summed E-state index contributed by atoms with van der Waals surface area (Å²) >= 11 is 0. The smallest absolute Gasteiger partial charge is 0.297 e. The molecular weight excluding hydrogens is 428 g/mol. The van der Waals surface area contributed by atoms with Gasteiger partial charge in [0.15, 0.2) is 0 Å². The molecule has 0 saturated carbocycles. The molecule has 2 heterocycles. The minimum atomic E-state index is -3.56. The van der Waals surface area contributed by atoms with Crippen molar-refractivity contribution in [2.24, 2.45) is 7.05 Å². The van der Waals surface area contributed by atoms with E-state index in [0.717, 1.165) is 22.9 Å². The minimum Gasteiger partial charge on any atom is -0.468 e. The summed E-state index contributed by atoms with van der Waals surface area (Å²) in [5.41, 5.74) is 4.63. The summed E-state index contributed by atoms with van der Waals surface area (Å²) in [4.78, 5) is 16.7. The van der Waals surface area contributed by atoms with E-state index >= 15 is 0 Å². The van der Waals surface area contributed by atoms with Crippen molar-refractivity contribution in [1.82, 2.24) is 14.1 Å². The first kappa shape index (κ1) is 21.6. The predicted molar refractivity (Wildman–Crippen MR) is 126 cm³/mol. The topological polar surface area (TPSA) is 95.2 Å². The van der Waals surface area contributed by atoms with Crippen LogP contribution in [-0.2, 0) is 23.6 Å². The predicted octanol–water partition coefficient (Wildman–Crippen LogP) is 3.14. The molecule has 4 aromatic rings. The van der Waals surface area contributed by atoms with E-state index in [2.05, 4.69) is 9.71 Å². The van der Waals surface area contributed by atoms with E-state index in [1.54, 1.807) is 32.3 Å². The number of aryl methyl sites for hydroxylation is 2. The van der Waals surface area contributed by atoms with Gasteiger partial charge in [0, 0.05) is 18.8 Å². The zero-order valence-electron chi connectivity index (χ0n) is 18.3. The number of nitrogens with zero attached hydrogens (tertiary/aromatic N) is 3. The van der Waals surface area contributed by atoms with Crippen molar-refractivity contribution < 1.29 is 13.2 Å². The van der Waals surface area contributed by atoms with Crippen molar-refractivity contribution in [2.75, 3.05) is 18.1 Å². The number of methoxy groups -OCH3 is 1. The zero-order chi connectivity index (χ0) is 23.0. The molecule has 0 fully saturated rings. The van der Waals surface area contributed by atoms with Crippen LogP contribution in [-0.4, -0.2) is 35.9 Å². The average molecular weight is 453 g/mol. The van der Waals surface area contributed by atoms with Gasteiger partial charge in [-0.05, 0) is 41.8 Å². The number of aromatic nitrogens is 3. The second kappa shape index (κ2) is 8.16. The maximum absolute atomic E-state index is 12.2. The third-order valence-corrected chi connectivity index (χ3v) is 5.77. The highest BCUT2D eigenvalue weighted by Gasteiger charge is 2.19. The number of fused-ring (bicyclic) bond motifs is 1. The van der Waals surface area contributed by atoms with Crippen LogP contribution in [0.1, 0.15) is 11.1 Å². The first-order valence-electron chi connectivity index (χ1n) is 9.94. The van der Waals surface area contributed by atoms with E-state index < -0.39 is 10.0 Å². The van der Waals surface area contributed by atoms with Crippen LogP contribution < -0.4 is 15.0 Å². The zero-order valence-corrected chi connectivity index (χ0v) is 19.1. The van der Waals surface area contributed by atoms with Gasteiger partial charge in [-0.1, -0.05) is 30.3 Å². The SMILES string of the molecule is COc1nc2c(NS(C)(=O)=O)cc(-c3cc(C)c(=O)n(C)c3)cc2n1Cc1ccccc1. The standard InChI is InChI=1S/C23H24N4O4S/c1-15-10-18(14-26(2)22(15)28)17-11-19(25-32(4,29)30)21-20(12-17)27(23(24-21)31-3)13-16-8-6-5-7-9-16/h5-12,14,25H,13H2,1-4H3. The molecule has 0 saturated heterocycles. The number of ether oxygens (including phenoxy) is 1. The molecule has 0 radical (unpaired) electrons. The number of hydrogen-bond donors (Lipinski definition) is 1. The van der Waals surface area contributed by atoms with Crippen molar-refractivity contribution in [2.45, 2.75) is 13.5 Å². The van der Waals surface area contributed by atoms with Gasteiger partial charge in [0.2, 0.25) is 10.0 Å². The van der Waals surface area contributed by atoms with Crippen molar-refractivity contribution in [3.05, 3.63) is 76.2 Å². The van der Waals surface area contributed by atoms with Crippen LogP contribution in [0.25, 0.3) is 22.2 Å². The maximum atomic E-state index is 12.2. The fourth-order valence-electron chi connectivity index (χ4n) is 3.76. The molecule has 166 valence electrons. The summed E-state index contributed by atoms with van der Waals surface area (Å²) in [7, 11) is -0.334. The molecule has 0 spiro atoms. The highest BCUT2D eigenvalue weighted by Crippen LogP contribution is 2.34. The molecule has 0 aliphatic carbocycles. The van der Waals surface area contributed by atoms with Crippen molar-refractivity contribution in [3.63, 3.8) is 0 Å². The van der Waals surface area contributed by atoms with E-state index in [1.807, 2.05) is 41.0 Å². The molecule has 32 heavy (non-hydrogen) atoms. The summed E-state index contributed by atoms with van der Waals surface area (Å²) in [6.07, 6.45) is 2.83. The molecule has 0 aliphatic heterocycles. The molecule has 0 unspecified atom stereocenters. The Labute approximate surface area is 186 Å². The molecule has 0 amide bonds. The Morgan fingerprint density at radius 1 is 1.09 bits per heavy atom. The molecule has 2 aromatic carbocycles. The summed E-state index contributed by atoms with van der Waals surface area (Å²) in [6, 6.07) is 15.7. The molecule has 0 bridgehead atoms. The molecule has 2 aromatic heterocycles. The monoisotopic (exact) mass is 452 g/mol. The van der Waals surface area contributed by atoms with E-state index in [1.165, 1.54) is 11.7 Å². The highest BCUT2D eigenvalue weighted by atomic mass is 32.2. The van der Waals surface area contributed by atoms with E-state index in [9.17, 15) is 13.2 Å². The Hall–Kier alpha value is -3.59. The molecular formula is C23H24N4O4S. The lowest BCUT2D eigenvalue weighted by Gasteiger charge is -2.12. The quantitative estimate of drug-likeness (QED) is 0.485. The van der Waals surface area contributed by atoms with Crippen LogP contribution in [0.2, 0.25) is 0 Å². The van der Waals surface area contributed by atoms with Crippen LogP contribution >= 0.6 is 0 Å². The fraction of sp³-hybridized carbons (Fsp3) is 0.217. The van der Waals surface area contributed by atoms with Gasteiger partial charge in [-0.25, -0.2) is 8.42 Å². The Balaban J connectivity index is 2.00. The van der Waals surface area contributed by atoms with Crippen molar-refractivity contribution >= 4 is 26.7 Å². The molecule has 0 atom stereocenters. The lowest BCUT2D eigenvalue weighted by molar-refractivity contribution is 0.364. The third kappa shape index (κ3) is 4.24. The Bertz CT molecular complexity index is 1450. The van der Waals surface area contributed by atoms with E-state index in [-0.39, 0.29) is 5.56 Å². The number of pyridine rings is 1. The average Bonchev–Trinajstić information content (AvgIpc) is 3.09. The van der Waals surface area contributed by atoms with Crippen LogP contribution in [0.4, 0.5) is 5.69 Å². The molecule has 0 aliphatic rings. The van der Waals surface area contributed by atoms with Crippen LogP contribution in [0, 0.1) is 6.92 Å². The van der Waals surface area contributed by atoms with Crippen LogP contribution in [0.5, 0.6) is 6.01 Å². The first-order valence-corrected chi connectivity index (χ1v) is 11.8. The molecule has 4 rings (SSSR count). The largest absolute Gasteiger partial charge is 0.468 e. The Kier molecular flexibility index (Phi) is 5.52. The van der Waals surface area contributed by atoms with Gasteiger partial charge >= 0.3 is 0 Å². The lowest BCUT2D eigenvalue weighted by atomic mass is 10.0. The number of nitrogens with one attached hydrogen (secondary N) is 1. The number of benzene rings is 2. The number of imidazole rings is 1. The van der Waals surface area contributed by atoms with Gasteiger partial charge in [0.05, 0.1) is 31.1 Å². The van der Waals surface area contributed by atoms with Gasteiger partial charge in [0.25, 0.3) is 11.6 Å². The Morgan fingerprint density at radius 2 is 1.81 bits per heavy atom. The van der Waals surface area contributed by atoms with Crippen LogP contribution in [0.15, 0.2) is 59.5 Å². The van der Waals surface area contributed by atoms with Crippen molar-refractivity contribution in [1.29, 1.82) is 0 Å². The van der Waals surface area contributed by atoms with Gasteiger partial charge in [-0.2, -0.15) is 4.98 Å². The Morgan fingerprint density at radius 3 is 2.44 bits per heavy atom. The second-order valence-corrected chi connectivity index (χ2v) is 9.51. The number of hydrogen-bond acceptors (Lipinski definition) is 5. The third-order valence-electron chi connectivity index (χ3n) is 5.18. The van der Waals surface area contributed by atoms with Gasteiger partial charge in [0.1, 0.15) is 5.52 Å². The molecule has 1 N–H and O–H groups in total. The molecule has 9 heteroatoms. The van der Waals surface area contributed by atoms with Gasteiger partial charge in [-0.3, -0.25) is 14.1 Å².